The zero-order chi connectivity index (χ0) is 12.3. The van der Waals surface area contributed by atoms with Gasteiger partial charge in [-0.1, -0.05) is 27.5 Å². The van der Waals surface area contributed by atoms with Gasteiger partial charge >= 0.3 is 6.36 Å². The van der Waals surface area contributed by atoms with Crippen molar-refractivity contribution in [3.05, 3.63) is 28.8 Å². The van der Waals surface area contributed by atoms with Gasteiger partial charge in [0.1, 0.15) is 12.0 Å². The molecule has 0 saturated carbocycles. The highest BCUT2D eigenvalue weighted by Crippen LogP contribution is 2.35. The van der Waals surface area contributed by atoms with Gasteiger partial charge in [0.15, 0.2) is 0 Å². The van der Waals surface area contributed by atoms with E-state index in [9.17, 15) is 18.0 Å². The maximum atomic E-state index is 12.0. The lowest BCUT2D eigenvalue weighted by Crippen LogP contribution is -2.18. The van der Waals surface area contributed by atoms with Crippen molar-refractivity contribution in [2.45, 2.75) is 11.2 Å². The molecule has 0 saturated heterocycles. The molecule has 0 aliphatic rings. The van der Waals surface area contributed by atoms with E-state index in [0.717, 1.165) is 6.07 Å². The topological polar surface area (TPSA) is 26.3 Å². The van der Waals surface area contributed by atoms with Gasteiger partial charge in [-0.15, -0.1) is 13.2 Å². The summed E-state index contributed by atoms with van der Waals surface area (Å²) in [6.07, 6.45) is -4.37. The van der Waals surface area contributed by atoms with Crippen molar-refractivity contribution in [1.29, 1.82) is 0 Å². The number of rotatable bonds is 3. The third-order valence-electron chi connectivity index (χ3n) is 1.61. The summed E-state index contributed by atoms with van der Waals surface area (Å²) in [5.41, 5.74) is 0.0276. The smallest absolute Gasteiger partial charge is 0.405 e. The summed E-state index contributed by atoms with van der Waals surface area (Å²) in [5.74, 6) is -0.453. The average Bonchev–Trinajstić information content (AvgIpc) is 2.17. The normalized spacial score (nSPS) is 13.3. The first-order valence-corrected chi connectivity index (χ1v) is 5.27. The molecule has 1 atom stereocenters. The number of halogens is 5. The second-order valence-corrected chi connectivity index (χ2v) is 4.19. The molecule has 0 amide bonds. The number of ether oxygens (including phenoxy) is 1. The van der Waals surface area contributed by atoms with Gasteiger partial charge in [-0.25, -0.2) is 0 Å². The van der Waals surface area contributed by atoms with E-state index in [-0.39, 0.29) is 10.6 Å². The Hall–Kier alpha value is -0.750. The largest absolute Gasteiger partial charge is 0.573 e. The molecule has 7 heteroatoms. The summed E-state index contributed by atoms with van der Waals surface area (Å²) in [6, 6.07) is 3.54. The van der Waals surface area contributed by atoms with Crippen LogP contribution in [0.25, 0.3) is 0 Å². The van der Waals surface area contributed by atoms with Gasteiger partial charge in [0.05, 0.1) is 4.83 Å². The van der Waals surface area contributed by atoms with E-state index in [4.69, 9.17) is 11.6 Å². The summed E-state index contributed by atoms with van der Waals surface area (Å²) in [7, 11) is 0. The maximum absolute atomic E-state index is 12.0. The fourth-order valence-corrected chi connectivity index (χ4v) is 1.56. The lowest BCUT2D eigenvalue weighted by molar-refractivity contribution is -0.274. The van der Waals surface area contributed by atoms with Gasteiger partial charge in [-0.2, -0.15) is 0 Å². The molecule has 0 N–H and O–H groups in total. The van der Waals surface area contributed by atoms with Gasteiger partial charge in [-0.05, 0) is 18.2 Å². The van der Waals surface area contributed by atoms with E-state index in [0.29, 0.717) is 6.29 Å². The molecule has 0 radical (unpaired) electrons. The molecule has 0 heterocycles. The Bertz CT molecular complexity index is 395. The Morgan fingerprint density at radius 1 is 1.44 bits per heavy atom. The summed E-state index contributed by atoms with van der Waals surface area (Å²) >= 11 is 8.52. The Labute approximate surface area is 102 Å². The Morgan fingerprint density at radius 3 is 2.56 bits per heavy atom. The molecule has 0 spiro atoms. The molecule has 1 unspecified atom stereocenters. The summed E-state index contributed by atoms with van der Waals surface area (Å²) in [6.45, 7) is 0. The van der Waals surface area contributed by atoms with Crippen LogP contribution in [0.1, 0.15) is 10.4 Å². The Kier molecular flexibility index (Phi) is 4.21. The lowest BCUT2D eigenvalue weighted by atomic mass is 10.1. The summed E-state index contributed by atoms with van der Waals surface area (Å²) < 4.78 is 39.9. The monoisotopic (exact) mass is 316 g/mol. The van der Waals surface area contributed by atoms with Gasteiger partial charge in [0.25, 0.3) is 0 Å². The predicted octanol–water partition coefficient (Wildman–Crippen LogP) is 3.87. The minimum absolute atomic E-state index is 0.0276. The van der Waals surface area contributed by atoms with E-state index in [1.165, 1.54) is 12.1 Å². The molecule has 1 aromatic carbocycles. The van der Waals surface area contributed by atoms with Gasteiger partial charge in [0.2, 0.25) is 0 Å². The third-order valence-corrected chi connectivity index (χ3v) is 2.56. The summed E-state index contributed by atoms with van der Waals surface area (Å²) in [5, 5.41) is 0.218. The minimum Gasteiger partial charge on any atom is -0.405 e. The zero-order valence-corrected chi connectivity index (χ0v) is 9.93. The SMILES string of the molecule is O=CC(Br)c1cc(Cl)ccc1OC(F)(F)F. The highest BCUT2D eigenvalue weighted by Gasteiger charge is 2.32. The number of carbonyl (C=O) groups excluding carboxylic acids is 1. The molecular weight excluding hydrogens is 312 g/mol. The molecule has 0 aromatic heterocycles. The molecule has 0 bridgehead atoms. The molecule has 88 valence electrons. The van der Waals surface area contributed by atoms with Crippen molar-refractivity contribution in [3.8, 4) is 5.75 Å². The van der Waals surface area contributed by atoms with Crippen LogP contribution in [-0.2, 0) is 4.79 Å². The van der Waals surface area contributed by atoms with Crippen LogP contribution in [0.5, 0.6) is 5.75 Å². The van der Waals surface area contributed by atoms with Crippen LogP contribution >= 0.6 is 27.5 Å². The first kappa shape index (κ1) is 13.3. The fourth-order valence-electron chi connectivity index (χ4n) is 1.03. The minimum atomic E-state index is -4.81. The second-order valence-electron chi connectivity index (χ2n) is 2.77. The fraction of sp³-hybridized carbons (Fsp3) is 0.222. The van der Waals surface area contributed by atoms with E-state index >= 15 is 0 Å². The number of alkyl halides is 4. The van der Waals surface area contributed by atoms with Gasteiger partial charge < -0.3 is 9.53 Å². The van der Waals surface area contributed by atoms with Crippen LogP contribution in [0.15, 0.2) is 18.2 Å². The molecule has 0 fully saturated rings. The van der Waals surface area contributed by atoms with Crippen LogP contribution < -0.4 is 4.74 Å². The van der Waals surface area contributed by atoms with Crippen molar-refractivity contribution in [2.75, 3.05) is 0 Å². The third kappa shape index (κ3) is 3.68. The first-order chi connectivity index (χ1) is 7.33. The zero-order valence-electron chi connectivity index (χ0n) is 7.59. The number of hydrogen-bond donors (Lipinski definition) is 0. The lowest BCUT2D eigenvalue weighted by Gasteiger charge is -2.14. The maximum Gasteiger partial charge on any atom is 0.573 e. The van der Waals surface area contributed by atoms with Crippen LogP contribution in [-0.4, -0.2) is 12.6 Å². The molecule has 1 rings (SSSR count). The van der Waals surface area contributed by atoms with Crippen LogP contribution in [0.4, 0.5) is 13.2 Å². The average molecular weight is 317 g/mol. The van der Waals surface area contributed by atoms with Crippen LogP contribution in [0.2, 0.25) is 5.02 Å². The second kappa shape index (κ2) is 5.05. The quantitative estimate of drug-likeness (QED) is 0.625. The van der Waals surface area contributed by atoms with Crippen molar-refractivity contribution in [1.82, 2.24) is 0 Å². The number of hydrogen-bond acceptors (Lipinski definition) is 2. The van der Waals surface area contributed by atoms with Gasteiger partial charge in [-0.3, -0.25) is 0 Å². The number of carbonyl (C=O) groups is 1. The molecular formula is C9H5BrClF3O2. The molecule has 2 nitrogen and oxygen atoms in total. The van der Waals surface area contributed by atoms with Crippen molar-refractivity contribution in [3.63, 3.8) is 0 Å². The van der Waals surface area contributed by atoms with Crippen molar-refractivity contribution < 1.29 is 22.7 Å². The number of aldehydes is 1. The number of benzene rings is 1. The van der Waals surface area contributed by atoms with Crippen LogP contribution in [0, 0.1) is 0 Å². The van der Waals surface area contributed by atoms with Crippen molar-refractivity contribution in [2.24, 2.45) is 0 Å². The van der Waals surface area contributed by atoms with Crippen LogP contribution in [0.3, 0.4) is 0 Å². The van der Waals surface area contributed by atoms with E-state index in [1.807, 2.05) is 0 Å². The molecule has 0 aliphatic heterocycles. The molecule has 0 aliphatic carbocycles. The molecule has 1 aromatic rings. The molecule has 16 heavy (non-hydrogen) atoms. The van der Waals surface area contributed by atoms with E-state index in [2.05, 4.69) is 20.7 Å². The highest BCUT2D eigenvalue weighted by molar-refractivity contribution is 9.09. The summed E-state index contributed by atoms with van der Waals surface area (Å²) in [4.78, 5) is 9.61. The first-order valence-electron chi connectivity index (χ1n) is 3.98. The Morgan fingerprint density at radius 2 is 2.06 bits per heavy atom. The Balaban J connectivity index is 3.12. The standard InChI is InChI=1S/C9H5BrClF3O2/c10-7(4-15)6-3-5(11)1-2-8(6)16-9(12,13)14/h1-4,7H. The van der Waals surface area contributed by atoms with E-state index in [1.54, 1.807) is 0 Å². The van der Waals surface area contributed by atoms with Gasteiger partial charge in [0, 0.05) is 10.6 Å². The highest BCUT2D eigenvalue weighted by atomic mass is 79.9. The predicted molar refractivity (Wildman–Crippen MR) is 55.9 cm³/mol. The van der Waals surface area contributed by atoms with Crippen molar-refractivity contribution >= 4 is 33.8 Å². The van der Waals surface area contributed by atoms with E-state index < -0.39 is 16.9 Å².